The van der Waals surface area contributed by atoms with Crippen molar-refractivity contribution in [1.29, 1.82) is 0 Å². The Morgan fingerprint density at radius 2 is 1.40 bits per heavy atom. The fourth-order valence-corrected chi connectivity index (χ4v) is 3.23. The van der Waals surface area contributed by atoms with Gasteiger partial charge in [-0.05, 0) is 39.0 Å². The summed E-state index contributed by atoms with van der Waals surface area (Å²) in [5.74, 6) is -5.67. The maximum absolute atomic E-state index is 12.8. The maximum Gasteiger partial charge on any atom is 0.490 e. The molecule has 0 aliphatic rings. The molecule has 0 aromatic heterocycles. The molecular formula is C24H43F3N8O8. The molecule has 19 heteroatoms. The first-order valence-corrected chi connectivity index (χ1v) is 13.1. The number of rotatable bonds is 16. The van der Waals surface area contributed by atoms with Crippen LogP contribution in [0.5, 0.6) is 0 Å². The van der Waals surface area contributed by atoms with E-state index in [1.807, 2.05) is 13.8 Å². The Hall–Kier alpha value is -4.16. The van der Waals surface area contributed by atoms with Crippen LogP contribution in [-0.2, 0) is 28.8 Å². The summed E-state index contributed by atoms with van der Waals surface area (Å²) in [5, 5.41) is 27.8. The van der Waals surface area contributed by atoms with Gasteiger partial charge in [0.2, 0.25) is 29.5 Å². The second kappa shape index (κ2) is 19.9. The van der Waals surface area contributed by atoms with Gasteiger partial charge in [-0.25, -0.2) is 4.79 Å². The van der Waals surface area contributed by atoms with Crippen molar-refractivity contribution >= 4 is 41.5 Å². The molecular weight excluding hydrogens is 585 g/mol. The molecule has 0 radical (unpaired) electrons. The molecule has 0 saturated heterocycles. The third kappa shape index (κ3) is 20.4. The van der Waals surface area contributed by atoms with Crippen molar-refractivity contribution in [1.82, 2.24) is 21.3 Å². The molecule has 0 heterocycles. The van der Waals surface area contributed by atoms with E-state index in [2.05, 4.69) is 26.3 Å². The number of nitrogens with two attached hydrogens (primary N) is 3. The Balaban J connectivity index is 0. The number of halogens is 3. The number of nitrogens with one attached hydrogen (secondary N) is 4. The quantitative estimate of drug-likeness (QED) is 0.0512. The first-order chi connectivity index (χ1) is 19.6. The average Bonchev–Trinajstić information content (AvgIpc) is 2.84. The second-order valence-corrected chi connectivity index (χ2v) is 9.94. The number of carboxylic acid groups (broad SMARTS) is 1. The fraction of sp³-hybridized carbons (Fsp3) is 0.708. The fourth-order valence-electron chi connectivity index (χ4n) is 3.23. The summed E-state index contributed by atoms with van der Waals surface area (Å²) < 4.78 is 31.7. The number of guanidine groups is 1. The predicted octanol–water partition coefficient (Wildman–Crippen LogP) is -2.05. The lowest BCUT2D eigenvalue weighted by Crippen LogP contribution is -2.55. The van der Waals surface area contributed by atoms with Crippen molar-refractivity contribution < 1.29 is 52.2 Å². The number of amides is 5. The molecule has 0 saturated carbocycles. The van der Waals surface area contributed by atoms with Gasteiger partial charge in [0.1, 0.15) is 18.1 Å². The van der Waals surface area contributed by atoms with Gasteiger partial charge in [0.15, 0.2) is 5.96 Å². The van der Waals surface area contributed by atoms with Gasteiger partial charge in [0.25, 0.3) is 0 Å². The van der Waals surface area contributed by atoms with Crippen LogP contribution in [0.15, 0.2) is 4.99 Å². The van der Waals surface area contributed by atoms with Gasteiger partial charge in [-0.1, -0.05) is 13.8 Å². The van der Waals surface area contributed by atoms with Crippen molar-refractivity contribution in [2.75, 3.05) is 6.54 Å². The lowest BCUT2D eigenvalue weighted by atomic mass is 9.96. The summed E-state index contributed by atoms with van der Waals surface area (Å²) in [6.07, 6.45) is -5.69. The number of aliphatic hydroxyl groups is 1. The van der Waals surface area contributed by atoms with Gasteiger partial charge >= 0.3 is 12.1 Å². The van der Waals surface area contributed by atoms with Crippen LogP contribution < -0.4 is 38.5 Å². The third-order valence-corrected chi connectivity index (χ3v) is 5.35. The number of aliphatic imine (C=N–C) groups is 1. The highest BCUT2D eigenvalue weighted by molar-refractivity contribution is 5.91. The van der Waals surface area contributed by atoms with Gasteiger partial charge in [-0.15, -0.1) is 0 Å². The highest BCUT2D eigenvalue weighted by Crippen LogP contribution is 2.13. The number of hydrogen-bond acceptors (Lipinski definition) is 8. The van der Waals surface area contributed by atoms with E-state index in [9.17, 15) is 42.3 Å². The zero-order valence-corrected chi connectivity index (χ0v) is 24.7. The molecule has 0 rings (SSSR count). The SMILES string of the molecule is CC(=O)N[C@@H](CCCN=C(N)N)C(=O)N[C@@H](C)C(=O)N[C@@H](CC(C)C)[C@@H](O)CC(=O)N[C@@H](C)C(N)=O.O=C(O)C(F)(F)F. The summed E-state index contributed by atoms with van der Waals surface area (Å²) in [6, 6.07) is -3.61. The van der Waals surface area contributed by atoms with Crippen molar-refractivity contribution in [3.05, 3.63) is 0 Å². The first-order valence-electron chi connectivity index (χ1n) is 13.1. The van der Waals surface area contributed by atoms with Gasteiger partial charge in [0, 0.05) is 13.5 Å². The summed E-state index contributed by atoms with van der Waals surface area (Å²) >= 11 is 0. The zero-order chi connectivity index (χ0) is 34.1. The minimum Gasteiger partial charge on any atom is -0.475 e. The monoisotopic (exact) mass is 628 g/mol. The summed E-state index contributed by atoms with van der Waals surface area (Å²) in [4.78, 5) is 73.0. The number of carbonyl (C=O) groups excluding carboxylic acids is 5. The zero-order valence-electron chi connectivity index (χ0n) is 24.7. The number of alkyl halides is 3. The van der Waals surface area contributed by atoms with Crippen LogP contribution in [-0.4, -0.2) is 94.7 Å². The van der Waals surface area contributed by atoms with Crippen molar-refractivity contribution in [2.24, 2.45) is 28.1 Å². The molecule has 12 N–H and O–H groups in total. The molecule has 0 aliphatic carbocycles. The van der Waals surface area contributed by atoms with Crippen LogP contribution >= 0.6 is 0 Å². The highest BCUT2D eigenvalue weighted by Gasteiger charge is 2.38. The number of carbonyl (C=O) groups is 6. The normalized spacial score (nSPS) is 14.4. The summed E-state index contributed by atoms with van der Waals surface area (Å²) in [5.41, 5.74) is 15.7. The molecule has 0 bridgehead atoms. The molecule has 16 nitrogen and oxygen atoms in total. The first kappa shape index (κ1) is 41.0. The molecule has 0 unspecified atom stereocenters. The van der Waals surface area contributed by atoms with E-state index in [1.165, 1.54) is 20.8 Å². The van der Waals surface area contributed by atoms with Crippen molar-refractivity contribution in [3.63, 3.8) is 0 Å². The maximum atomic E-state index is 12.8. The molecule has 0 aromatic carbocycles. The molecule has 0 fully saturated rings. The Kier molecular flexibility index (Phi) is 18.9. The minimum atomic E-state index is -5.08. The molecule has 5 atom stereocenters. The number of primary amides is 1. The minimum absolute atomic E-state index is 0.0665. The number of nitrogens with zero attached hydrogens (tertiary/aromatic N) is 1. The molecule has 43 heavy (non-hydrogen) atoms. The van der Waals surface area contributed by atoms with Crippen LogP contribution in [0, 0.1) is 5.92 Å². The Bertz CT molecular complexity index is 990. The number of carboxylic acids is 1. The summed E-state index contributed by atoms with van der Waals surface area (Å²) in [6.45, 7) is 8.17. The molecule has 5 amide bonds. The third-order valence-electron chi connectivity index (χ3n) is 5.35. The van der Waals surface area contributed by atoms with E-state index in [4.69, 9.17) is 27.1 Å². The van der Waals surface area contributed by atoms with E-state index in [0.717, 1.165) is 0 Å². The van der Waals surface area contributed by atoms with E-state index in [0.29, 0.717) is 12.8 Å². The van der Waals surface area contributed by atoms with Gasteiger partial charge in [0.05, 0.1) is 18.6 Å². The van der Waals surface area contributed by atoms with E-state index in [-0.39, 0.29) is 31.3 Å². The largest absolute Gasteiger partial charge is 0.490 e. The highest BCUT2D eigenvalue weighted by atomic mass is 19.4. The van der Waals surface area contributed by atoms with Crippen LogP contribution in [0.2, 0.25) is 0 Å². The smallest absolute Gasteiger partial charge is 0.475 e. The van der Waals surface area contributed by atoms with Gasteiger partial charge in [-0.2, -0.15) is 13.2 Å². The van der Waals surface area contributed by atoms with E-state index < -0.39 is 72.0 Å². The Morgan fingerprint density at radius 1 is 0.860 bits per heavy atom. The van der Waals surface area contributed by atoms with Crippen LogP contribution in [0.1, 0.15) is 60.3 Å². The van der Waals surface area contributed by atoms with Crippen molar-refractivity contribution in [2.45, 2.75) is 96.7 Å². The van der Waals surface area contributed by atoms with Crippen LogP contribution in [0.4, 0.5) is 13.2 Å². The number of hydrogen-bond donors (Lipinski definition) is 9. The lowest BCUT2D eigenvalue weighted by Gasteiger charge is -2.28. The Labute approximate surface area is 246 Å². The molecule has 0 aliphatic heterocycles. The number of aliphatic carboxylic acids is 1. The van der Waals surface area contributed by atoms with Crippen molar-refractivity contribution in [3.8, 4) is 0 Å². The standard InChI is InChI=1S/C22H42N8O6.C2HF3O2/c1-11(2)9-16(17(32)10-18(33)27-12(3)19(23)34)30-20(35)13(4)28-21(36)15(29-14(5)31)7-6-8-26-22(24)25;3-2(4,5)1(6)7/h11-13,15-17,32H,6-10H2,1-5H3,(H2,23,34)(H,27,33)(H,28,36)(H,29,31)(H,30,35)(H4,24,25,26);(H,6,7)/t12-,13-,15-,16-,17-;/m0./s1. The van der Waals surface area contributed by atoms with Gasteiger partial charge in [-0.3, -0.25) is 29.0 Å². The number of aliphatic hydroxyl groups excluding tert-OH is 1. The van der Waals surface area contributed by atoms with E-state index in [1.54, 1.807) is 0 Å². The summed E-state index contributed by atoms with van der Waals surface area (Å²) in [7, 11) is 0. The molecule has 0 spiro atoms. The average molecular weight is 629 g/mol. The van der Waals surface area contributed by atoms with Gasteiger partial charge < -0.3 is 48.7 Å². The van der Waals surface area contributed by atoms with E-state index >= 15 is 0 Å². The second-order valence-electron chi connectivity index (χ2n) is 9.94. The lowest BCUT2D eigenvalue weighted by molar-refractivity contribution is -0.192. The Morgan fingerprint density at radius 3 is 1.81 bits per heavy atom. The van der Waals surface area contributed by atoms with Crippen LogP contribution in [0.3, 0.4) is 0 Å². The topological polar surface area (TPSA) is 281 Å². The molecule has 0 aromatic rings. The predicted molar refractivity (Wildman–Crippen MR) is 148 cm³/mol. The molecule has 248 valence electrons. The van der Waals surface area contributed by atoms with Crippen LogP contribution in [0.25, 0.3) is 0 Å².